The van der Waals surface area contributed by atoms with E-state index in [2.05, 4.69) is 61.4 Å². The van der Waals surface area contributed by atoms with Gasteiger partial charge in [-0.3, -0.25) is 4.90 Å². The summed E-state index contributed by atoms with van der Waals surface area (Å²) in [5.41, 5.74) is 1.64. The Morgan fingerprint density at radius 3 is 2.65 bits per heavy atom. The van der Waals surface area contributed by atoms with Crippen molar-refractivity contribution in [2.75, 3.05) is 26.7 Å². The highest BCUT2D eigenvalue weighted by atomic mass is 15.2. The highest BCUT2D eigenvalue weighted by molar-refractivity contribution is 5.25. The van der Waals surface area contributed by atoms with Crippen molar-refractivity contribution in [3.63, 3.8) is 0 Å². The average Bonchev–Trinajstić information content (AvgIpc) is 2.65. The van der Waals surface area contributed by atoms with E-state index in [0.717, 1.165) is 19.1 Å². The number of nitrogens with one attached hydrogen (secondary N) is 1. The van der Waals surface area contributed by atoms with Crippen LogP contribution in [-0.2, 0) is 5.41 Å². The Morgan fingerprint density at radius 1 is 1.20 bits per heavy atom. The highest BCUT2D eigenvalue weighted by Crippen LogP contribution is 2.27. The SMILES string of the molecule is CNCC(C)(CN1CCCCCC1C)c1ccccc1. The second-order valence-electron chi connectivity index (χ2n) is 6.63. The fourth-order valence-electron chi connectivity index (χ4n) is 3.50. The molecule has 0 radical (unpaired) electrons. The third-order valence-electron chi connectivity index (χ3n) is 4.78. The van der Waals surface area contributed by atoms with E-state index in [1.807, 2.05) is 0 Å². The first kappa shape index (κ1) is 15.5. The lowest BCUT2D eigenvalue weighted by Crippen LogP contribution is -2.47. The van der Waals surface area contributed by atoms with Crippen molar-refractivity contribution < 1.29 is 0 Å². The summed E-state index contributed by atoms with van der Waals surface area (Å²) in [4.78, 5) is 2.71. The topological polar surface area (TPSA) is 15.3 Å². The number of nitrogens with zero attached hydrogens (tertiary/aromatic N) is 1. The molecule has 112 valence electrons. The molecule has 20 heavy (non-hydrogen) atoms. The van der Waals surface area contributed by atoms with Crippen LogP contribution in [0, 0.1) is 0 Å². The monoisotopic (exact) mass is 274 g/mol. The predicted octanol–water partition coefficient (Wildman–Crippen LogP) is 3.43. The summed E-state index contributed by atoms with van der Waals surface area (Å²) in [5.74, 6) is 0. The Morgan fingerprint density at radius 2 is 1.95 bits per heavy atom. The lowest BCUT2D eigenvalue weighted by molar-refractivity contribution is 0.167. The minimum atomic E-state index is 0.189. The largest absolute Gasteiger partial charge is 0.319 e. The van der Waals surface area contributed by atoms with Crippen LogP contribution >= 0.6 is 0 Å². The van der Waals surface area contributed by atoms with Crippen LogP contribution in [0.25, 0.3) is 0 Å². The first-order valence-corrected chi connectivity index (χ1v) is 8.10. The molecule has 0 saturated carbocycles. The van der Waals surface area contributed by atoms with E-state index in [9.17, 15) is 0 Å². The van der Waals surface area contributed by atoms with E-state index in [-0.39, 0.29) is 5.41 Å². The maximum atomic E-state index is 3.40. The Kier molecular flexibility index (Phi) is 5.62. The van der Waals surface area contributed by atoms with Gasteiger partial charge in [-0.05, 0) is 38.9 Å². The van der Waals surface area contributed by atoms with E-state index in [0.29, 0.717) is 0 Å². The summed E-state index contributed by atoms with van der Waals surface area (Å²) in [6, 6.07) is 11.7. The molecule has 1 aliphatic heterocycles. The standard InChI is InChI=1S/C18H30N2/c1-16-10-6-5-9-13-20(16)15-18(2,14-19-3)17-11-7-4-8-12-17/h4,7-8,11-12,16,19H,5-6,9-10,13-15H2,1-3H3. The van der Waals surface area contributed by atoms with Crippen molar-refractivity contribution in [2.45, 2.75) is 51.0 Å². The van der Waals surface area contributed by atoms with Crippen LogP contribution in [0.5, 0.6) is 0 Å². The number of rotatable bonds is 5. The summed E-state index contributed by atoms with van der Waals surface area (Å²) >= 11 is 0. The normalized spacial score (nSPS) is 24.1. The zero-order valence-corrected chi connectivity index (χ0v) is 13.4. The summed E-state index contributed by atoms with van der Waals surface area (Å²) in [6.45, 7) is 8.24. The molecule has 0 bridgehead atoms. The molecule has 0 aromatic heterocycles. The Labute approximate surface area is 124 Å². The lowest BCUT2D eigenvalue weighted by Gasteiger charge is -2.38. The van der Waals surface area contributed by atoms with E-state index >= 15 is 0 Å². The van der Waals surface area contributed by atoms with Crippen LogP contribution < -0.4 is 5.32 Å². The van der Waals surface area contributed by atoms with Gasteiger partial charge >= 0.3 is 0 Å². The van der Waals surface area contributed by atoms with Crippen LogP contribution in [0.15, 0.2) is 30.3 Å². The van der Waals surface area contributed by atoms with Crippen LogP contribution in [0.2, 0.25) is 0 Å². The number of benzene rings is 1. The summed E-state index contributed by atoms with van der Waals surface area (Å²) < 4.78 is 0. The third kappa shape index (κ3) is 3.83. The molecule has 0 amide bonds. The predicted molar refractivity (Wildman–Crippen MR) is 87.2 cm³/mol. The van der Waals surface area contributed by atoms with Crippen molar-refractivity contribution in [2.24, 2.45) is 0 Å². The molecule has 2 unspecified atom stereocenters. The van der Waals surface area contributed by atoms with E-state index in [1.54, 1.807) is 0 Å². The van der Waals surface area contributed by atoms with Crippen LogP contribution in [-0.4, -0.2) is 37.6 Å². The molecule has 1 fully saturated rings. The number of likely N-dealkylation sites (N-methyl/N-ethyl adjacent to an activating group) is 1. The van der Waals surface area contributed by atoms with Gasteiger partial charge in [0.1, 0.15) is 0 Å². The van der Waals surface area contributed by atoms with Crippen molar-refractivity contribution in [3.05, 3.63) is 35.9 Å². The zero-order chi connectivity index (χ0) is 14.4. The first-order chi connectivity index (χ1) is 9.65. The molecule has 2 heteroatoms. The molecule has 0 spiro atoms. The molecule has 1 saturated heterocycles. The van der Waals surface area contributed by atoms with Crippen molar-refractivity contribution >= 4 is 0 Å². The molecule has 1 aromatic carbocycles. The van der Waals surface area contributed by atoms with Crippen molar-refractivity contribution in [1.29, 1.82) is 0 Å². The van der Waals surface area contributed by atoms with Gasteiger partial charge in [-0.15, -0.1) is 0 Å². The maximum absolute atomic E-state index is 3.40. The summed E-state index contributed by atoms with van der Waals surface area (Å²) in [6.07, 6.45) is 5.50. The summed E-state index contributed by atoms with van der Waals surface area (Å²) in [5, 5.41) is 3.40. The minimum Gasteiger partial charge on any atom is -0.319 e. The molecule has 0 aliphatic carbocycles. The molecule has 2 rings (SSSR count). The van der Waals surface area contributed by atoms with Crippen molar-refractivity contribution in [1.82, 2.24) is 10.2 Å². The average molecular weight is 274 g/mol. The second-order valence-corrected chi connectivity index (χ2v) is 6.63. The lowest BCUT2D eigenvalue weighted by atomic mass is 9.81. The van der Waals surface area contributed by atoms with Gasteiger partial charge in [-0.25, -0.2) is 0 Å². The highest BCUT2D eigenvalue weighted by Gasteiger charge is 2.30. The van der Waals surface area contributed by atoms with Gasteiger partial charge in [0.15, 0.2) is 0 Å². The molecule has 2 atom stereocenters. The van der Waals surface area contributed by atoms with Gasteiger partial charge in [-0.1, -0.05) is 50.1 Å². The zero-order valence-electron chi connectivity index (χ0n) is 13.4. The fourth-order valence-corrected chi connectivity index (χ4v) is 3.50. The van der Waals surface area contributed by atoms with E-state index < -0.39 is 0 Å². The molecule has 1 aliphatic rings. The minimum absolute atomic E-state index is 0.189. The van der Waals surface area contributed by atoms with Gasteiger partial charge in [0, 0.05) is 24.5 Å². The quantitative estimate of drug-likeness (QED) is 0.885. The first-order valence-electron chi connectivity index (χ1n) is 8.10. The molecule has 1 aromatic rings. The maximum Gasteiger partial charge on any atom is 0.0177 e. The molecule has 1 N–H and O–H groups in total. The number of hydrogen-bond donors (Lipinski definition) is 1. The number of likely N-dealkylation sites (tertiary alicyclic amines) is 1. The van der Waals surface area contributed by atoms with Crippen LogP contribution in [0.1, 0.15) is 45.1 Å². The van der Waals surface area contributed by atoms with Gasteiger partial charge < -0.3 is 5.32 Å². The molecule has 1 heterocycles. The van der Waals surface area contributed by atoms with E-state index in [1.165, 1.54) is 37.8 Å². The smallest absolute Gasteiger partial charge is 0.0177 e. The molecular formula is C18H30N2. The van der Waals surface area contributed by atoms with Gasteiger partial charge in [0.05, 0.1) is 0 Å². The third-order valence-corrected chi connectivity index (χ3v) is 4.78. The van der Waals surface area contributed by atoms with Gasteiger partial charge in [0.2, 0.25) is 0 Å². The Bertz CT molecular complexity index is 390. The van der Waals surface area contributed by atoms with Crippen molar-refractivity contribution in [3.8, 4) is 0 Å². The Hall–Kier alpha value is -0.860. The fraction of sp³-hybridized carbons (Fsp3) is 0.667. The number of hydrogen-bond acceptors (Lipinski definition) is 2. The molecular weight excluding hydrogens is 244 g/mol. The van der Waals surface area contributed by atoms with Gasteiger partial charge in [0.25, 0.3) is 0 Å². The van der Waals surface area contributed by atoms with E-state index in [4.69, 9.17) is 0 Å². The van der Waals surface area contributed by atoms with Crippen LogP contribution in [0.4, 0.5) is 0 Å². The second kappa shape index (κ2) is 7.24. The summed E-state index contributed by atoms with van der Waals surface area (Å²) in [7, 11) is 2.06. The molecule has 2 nitrogen and oxygen atoms in total. The Balaban J connectivity index is 2.15. The van der Waals surface area contributed by atoms with Gasteiger partial charge in [-0.2, -0.15) is 0 Å². The van der Waals surface area contributed by atoms with Crippen LogP contribution in [0.3, 0.4) is 0 Å².